The van der Waals surface area contributed by atoms with Crippen molar-refractivity contribution in [1.29, 1.82) is 10.5 Å². The number of rotatable bonds is 4. The van der Waals surface area contributed by atoms with E-state index in [1.807, 2.05) is 23.6 Å². The van der Waals surface area contributed by atoms with Gasteiger partial charge in [0.2, 0.25) is 12.3 Å². The van der Waals surface area contributed by atoms with Gasteiger partial charge in [-0.15, -0.1) is 21.5 Å². The zero-order valence-corrected chi connectivity index (χ0v) is 16.0. The molecule has 2 heterocycles. The molecule has 0 saturated heterocycles. The summed E-state index contributed by atoms with van der Waals surface area (Å²) in [5, 5.41) is 31.4. The summed E-state index contributed by atoms with van der Waals surface area (Å²) in [5.41, 5.74) is 3.33. The van der Waals surface area contributed by atoms with Crippen LogP contribution >= 0.6 is 11.3 Å². The van der Waals surface area contributed by atoms with Crippen molar-refractivity contribution in [3.8, 4) is 23.6 Å². The normalized spacial score (nSPS) is 9.82. The number of hydrogen-bond acceptors (Lipinski definition) is 7. The predicted molar refractivity (Wildman–Crippen MR) is 110 cm³/mol. The summed E-state index contributed by atoms with van der Waals surface area (Å²) in [6.45, 7) is 3.11. The standard InChI is InChI=1S/C12H12N2S.C9H5N3O/c1-2-6-14-11-4-3-9(8-13)12-10(11)5-7-15-12;10-5-7-1-3-8(4-2-7)9-12-11-6-13-9/h3-5,7,14H,2,6H2,1H3;1-4,6H. The molecule has 0 spiro atoms. The van der Waals surface area contributed by atoms with E-state index in [0.29, 0.717) is 11.5 Å². The monoisotopic (exact) mass is 387 g/mol. The van der Waals surface area contributed by atoms with Gasteiger partial charge < -0.3 is 9.73 Å². The second kappa shape index (κ2) is 9.31. The molecule has 0 unspecified atom stereocenters. The van der Waals surface area contributed by atoms with Crippen LogP contribution in [0.5, 0.6) is 0 Å². The first-order chi connectivity index (χ1) is 13.8. The number of benzene rings is 2. The Morgan fingerprint density at radius 3 is 2.54 bits per heavy atom. The van der Waals surface area contributed by atoms with E-state index in [-0.39, 0.29) is 0 Å². The van der Waals surface area contributed by atoms with Gasteiger partial charge in [0.1, 0.15) is 6.07 Å². The molecule has 2 aromatic carbocycles. The van der Waals surface area contributed by atoms with Crippen LogP contribution in [0.1, 0.15) is 24.5 Å². The highest BCUT2D eigenvalue weighted by Crippen LogP contribution is 2.30. The fraction of sp³-hybridized carbons (Fsp3) is 0.143. The average molecular weight is 387 g/mol. The molecule has 0 aliphatic rings. The summed E-state index contributed by atoms with van der Waals surface area (Å²) < 4.78 is 6.07. The van der Waals surface area contributed by atoms with E-state index in [1.54, 1.807) is 35.6 Å². The van der Waals surface area contributed by atoms with Crippen molar-refractivity contribution >= 4 is 27.1 Å². The Balaban J connectivity index is 0.000000162. The van der Waals surface area contributed by atoms with Gasteiger partial charge in [-0.2, -0.15) is 10.5 Å². The second-order valence-electron chi connectivity index (χ2n) is 5.80. The zero-order valence-electron chi connectivity index (χ0n) is 15.2. The molecule has 0 bridgehead atoms. The van der Waals surface area contributed by atoms with Crippen LogP contribution in [-0.2, 0) is 0 Å². The number of anilines is 1. The van der Waals surface area contributed by atoms with Crippen molar-refractivity contribution in [2.24, 2.45) is 0 Å². The number of hydrogen-bond donors (Lipinski definition) is 1. The molecule has 0 radical (unpaired) electrons. The van der Waals surface area contributed by atoms with Crippen molar-refractivity contribution in [1.82, 2.24) is 10.2 Å². The summed E-state index contributed by atoms with van der Waals surface area (Å²) in [4.78, 5) is 0. The quantitative estimate of drug-likeness (QED) is 0.516. The van der Waals surface area contributed by atoms with E-state index in [4.69, 9.17) is 14.9 Å². The lowest BCUT2D eigenvalue weighted by Crippen LogP contribution is -1.99. The van der Waals surface area contributed by atoms with E-state index in [0.717, 1.165) is 39.9 Å². The Morgan fingerprint density at radius 1 is 1.07 bits per heavy atom. The molecule has 4 aromatic rings. The van der Waals surface area contributed by atoms with Gasteiger partial charge in [-0.1, -0.05) is 6.92 Å². The third-order valence-corrected chi connectivity index (χ3v) is 4.87. The first-order valence-electron chi connectivity index (χ1n) is 8.67. The Hall–Kier alpha value is -3.68. The molecule has 4 rings (SSSR count). The fourth-order valence-electron chi connectivity index (χ4n) is 2.55. The smallest absolute Gasteiger partial charge is 0.247 e. The van der Waals surface area contributed by atoms with Crippen LogP contribution in [0.2, 0.25) is 0 Å². The maximum Gasteiger partial charge on any atom is 0.247 e. The summed E-state index contributed by atoms with van der Waals surface area (Å²) in [6, 6.07) is 17.2. The molecule has 0 fully saturated rings. The minimum Gasteiger partial charge on any atom is -0.423 e. The van der Waals surface area contributed by atoms with Crippen molar-refractivity contribution < 1.29 is 4.42 Å². The first-order valence-corrected chi connectivity index (χ1v) is 9.55. The topological polar surface area (TPSA) is 98.5 Å². The van der Waals surface area contributed by atoms with Gasteiger partial charge in [0.05, 0.1) is 21.9 Å². The summed E-state index contributed by atoms with van der Waals surface area (Å²) in [7, 11) is 0. The second-order valence-corrected chi connectivity index (χ2v) is 6.71. The SMILES string of the molecule is CCCNc1ccc(C#N)c2sccc12.N#Cc1ccc(-c2nnco2)cc1. The van der Waals surface area contributed by atoms with Gasteiger partial charge in [0, 0.05) is 23.2 Å². The first kappa shape index (κ1) is 19.1. The van der Waals surface area contributed by atoms with Crippen LogP contribution in [0.15, 0.2) is 58.7 Å². The third kappa shape index (κ3) is 4.35. The van der Waals surface area contributed by atoms with Gasteiger partial charge in [-0.25, -0.2) is 0 Å². The summed E-state index contributed by atoms with van der Waals surface area (Å²) in [6.07, 6.45) is 2.37. The van der Waals surface area contributed by atoms with Gasteiger partial charge in [0.15, 0.2) is 0 Å². The molecular formula is C21H17N5OS. The number of aromatic nitrogens is 2. The molecule has 28 heavy (non-hydrogen) atoms. The van der Waals surface area contributed by atoms with E-state index in [9.17, 15) is 0 Å². The molecule has 2 aromatic heterocycles. The number of nitrogens with one attached hydrogen (secondary N) is 1. The van der Waals surface area contributed by atoms with Crippen molar-refractivity contribution in [2.75, 3.05) is 11.9 Å². The molecule has 0 atom stereocenters. The highest BCUT2D eigenvalue weighted by atomic mass is 32.1. The van der Waals surface area contributed by atoms with Crippen LogP contribution in [0.3, 0.4) is 0 Å². The molecule has 0 aliphatic heterocycles. The predicted octanol–water partition coefficient (Wildman–Crippen LogP) is 5.20. The van der Waals surface area contributed by atoms with Crippen molar-refractivity contribution in [2.45, 2.75) is 13.3 Å². The number of nitrogens with zero attached hydrogens (tertiary/aromatic N) is 4. The third-order valence-electron chi connectivity index (χ3n) is 3.92. The maximum absolute atomic E-state index is 8.96. The van der Waals surface area contributed by atoms with Crippen LogP contribution in [0.25, 0.3) is 21.5 Å². The highest BCUT2D eigenvalue weighted by molar-refractivity contribution is 7.17. The van der Waals surface area contributed by atoms with Gasteiger partial charge >= 0.3 is 0 Å². The van der Waals surface area contributed by atoms with Crippen molar-refractivity contribution in [3.63, 3.8) is 0 Å². The number of nitriles is 2. The van der Waals surface area contributed by atoms with Gasteiger partial charge in [-0.05, 0) is 54.3 Å². The minimum atomic E-state index is 0.462. The van der Waals surface area contributed by atoms with Gasteiger partial charge in [-0.3, -0.25) is 0 Å². The molecule has 0 saturated carbocycles. The Labute approximate surface area is 166 Å². The zero-order chi connectivity index (χ0) is 19.8. The summed E-state index contributed by atoms with van der Waals surface area (Å²) >= 11 is 1.62. The van der Waals surface area contributed by atoms with Crippen molar-refractivity contribution in [3.05, 3.63) is 65.4 Å². The highest BCUT2D eigenvalue weighted by Gasteiger charge is 2.06. The van der Waals surface area contributed by atoms with E-state index in [1.165, 1.54) is 6.39 Å². The van der Waals surface area contributed by atoms with Crippen LogP contribution in [0, 0.1) is 22.7 Å². The lowest BCUT2D eigenvalue weighted by atomic mass is 10.1. The minimum absolute atomic E-state index is 0.462. The Bertz CT molecular complexity index is 1120. The molecule has 1 N–H and O–H groups in total. The van der Waals surface area contributed by atoms with Gasteiger partial charge in [0.25, 0.3) is 0 Å². The van der Waals surface area contributed by atoms with E-state index < -0.39 is 0 Å². The lowest BCUT2D eigenvalue weighted by molar-refractivity contribution is 0.568. The van der Waals surface area contributed by atoms with Crippen LogP contribution in [0.4, 0.5) is 5.69 Å². The average Bonchev–Trinajstić information content (AvgIpc) is 3.45. The molecule has 7 heteroatoms. The van der Waals surface area contributed by atoms with Crippen LogP contribution in [-0.4, -0.2) is 16.7 Å². The Morgan fingerprint density at radius 2 is 1.89 bits per heavy atom. The largest absolute Gasteiger partial charge is 0.423 e. The number of thiophene rings is 1. The Kier molecular flexibility index (Phi) is 6.35. The maximum atomic E-state index is 8.96. The van der Waals surface area contributed by atoms with E-state index >= 15 is 0 Å². The van der Waals surface area contributed by atoms with E-state index in [2.05, 4.69) is 34.6 Å². The summed E-state index contributed by atoms with van der Waals surface area (Å²) in [5.74, 6) is 0.462. The van der Waals surface area contributed by atoms with Crippen LogP contribution < -0.4 is 5.32 Å². The lowest BCUT2D eigenvalue weighted by Gasteiger charge is -2.06. The molecule has 6 nitrogen and oxygen atoms in total. The number of fused-ring (bicyclic) bond motifs is 1. The molecule has 138 valence electrons. The fourth-order valence-corrected chi connectivity index (χ4v) is 3.44. The molecular weight excluding hydrogens is 370 g/mol. The molecule has 0 amide bonds. The molecule has 0 aliphatic carbocycles.